The second-order valence-corrected chi connectivity index (χ2v) is 4.90. The van der Waals surface area contributed by atoms with Crippen molar-refractivity contribution in [2.24, 2.45) is 0 Å². The van der Waals surface area contributed by atoms with Gasteiger partial charge < -0.3 is 10.1 Å². The monoisotopic (exact) mass is 270 g/mol. The first-order valence-corrected chi connectivity index (χ1v) is 6.82. The average molecular weight is 270 g/mol. The highest BCUT2D eigenvalue weighted by Crippen LogP contribution is 2.14. The Labute approximate surface area is 113 Å². The Bertz CT molecular complexity index is 325. The summed E-state index contributed by atoms with van der Waals surface area (Å²) in [5.74, 6) is -0.294. The Morgan fingerprint density at radius 1 is 1.32 bits per heavy atom. The molecule has 7 nitrogen and oxygen atoms in total. The minimum absolute atomic E-state index is 0.265. The Kier molecular flexibility index (Phi) is 5.12. The highest BCUT2D eigenvalue weighted by molar-refractivity contribution is 5.92. The topological polar surface area (TPSA) is 73.9 Å². The van der Waals surface area contributed by atoms with Gasteiger partial charge in [-0.3, -0.25) is 19.9 Å². The summed E-state index contributed by atoms with van der Waals surface area (Å²) in [5.41, 5.74) is 0. The first-order valence-electron chi connectivity index (χ1n) is 6.82. The van der Waals surface area contributed by atoms with Crippen molar-refractivity contribution < 1.29 is 14.3 Å². The number of carbonyl (C=O) groups excluding carboxylic acids is 2. The van der Waals surface area contributed by atoms with E-state index in [4.69, 9.17) is 0 Å². The number of likely N-dealkylation sites (tertiary alicyclic amines) is 1. The van der Waals surface area contributed by atoms with E-state index in [9.17, 15) is 9.59 Å². The number of hydrogen-bond acceptors (Lipinski definition) is 6. The smallest absolute Gasteiger partial charge is 0.413 e. The second kappa shape index (κ2) is 6.83. The first-order chi connectivity index (χ1) is 9.19. The van der Waals surface area contributed by atoms with Gasteiger partial charge in [0.2, 0.25) is 5.91 Å². The molecule has 2 amide bonds. The minimum Gasteiger partial charge on any atom is -0.450 e. The third-order valence-electron chi connectivity index (χ3n) is 3.49. The SMILES string of the molecule is CCOC(=O)NC(=O)CN1CC(N2CCNCC2)C1. The van der Waals surface area contributed by atoms with Crippen molar-refractivity contribution >= 4 is 12.0 Å². The number of nitrogens with zero attached hydrogens (tertiary/aromatic N) is 2. The summed E-state index contributed by atoms with van der Waals surface area (Å²) in [6.07, 6.45) is -0.660. The summed E-state index contributed by atoms with van der Waals surface area (Å²) in [6.45, 7) is 8.28. The predicted octanol–water partition coefficient (Wildman–Crippen LogP) is -1.15. The summed E-state index contributed by atoms with van der Waals surface area (Å²) < 4.78 is 4.66. The number of hydrogen-bond donors (Lipinski definition) is 2. The largest absolute Gasteiger partial charge is 0.450 e. The Morgan fingerprint density at radius 3 is 2.63 bits per heavy atom. The number of nitrogens with one attached hydrogen (secondary N) is 2. The predicted molar refractivity (Wildman–Crippen MR) is 69.8 cm³/mol. The molecule has 0 unspecified atom stereocenters. The Hall–Kier alpha value is -1.18. The highest BCUT2D eigenvalue weighted by Gasteiger charge is 2.33. The lowest BCUT2D eigenvalue weighted by molar-refractivity contribution is -0.123. The molecule has 108 valence electrons. The molecule has 2 N–H and O–H groups in total. The molecule has 0 aromatic carbocycles. The number of alkyl carbamates (subject to hydrolysis) is 1. The zero-order valence-corrected chi connectivity index (χ0v) is 11.4. The van der Waals surface area contributed by atoms with E-state index in [1.165, 1.54) is 0 Å². The lowest BCUT2D eigenvalue weighted by Crippen LogP contribution is -2.63. The quantitative estimate of drug-likeness (QED) is 0.672. The van der Waals surface area contributed by atoms with E-state index in [2.05, 4.69) is 20.3 Å². The van der Waals surface area contributed by atoms with Crippen molar-refractivity contribution in [3.63, 3.8) is 0 Å². The standard InChI is InChI=1S/C12H22N4O3/c1-2-19-12(18)14-11(17)9-15-7-10(8-15)16-5-3-13-4-6-16/h10,13H,2-9H2,1H3,(H,14,17,18). The Balaban J connectivity index is 1.61. The van der Waals surface area contributed by atoms with Crippen LogP contribution in [0, 0.1) is 0 Å². The zero-order valence-electron chi connectivity index (χ0n) is 11.4. The van der Waals surface area contributed by atoms with Crippen LogP contribution in [0.4, 0.5) is 4.79 Å². The third-order valence-corrected chi connectivity index (χ3v) is 3.49. The second-order valence-electron chi connectivity index (χ2n) is 4.90. The summed E-state index contributed by atoms with van der Waals surface area (Å²) in [5, 5.41) is 5.53. The van der Waals surface area contributed by atoms with Crippen molar-refractivity contribution in [3.8, 4) is 0 Å². The summed E-state index contributed by atoms with van der Waals surface area (Å²) in [4.78, 5) is 27.1. The first kappa shape index (κ1) is 14.2. The van der Waals surface area contributed by atoms with Crippen LogP contribution < -0.4 is 10.6 Å². The number of amides is 2. The van der Waals surface area contributed by atoms with Crippen LogP contribution in [0.15, 0.2) is 0 Å². The normalized spacial score (nSPS) is 21.7. The van der Waals surface area contributed by atoms with Gasteiger partial charge in [0.15, 0.2) is 0 Å². The summed E-state index contributed by atoms with van der Waals surface area (Å²) in [7, 11) is 0. The lowest BCUT2D eigenvalue weighted by Gasteiger charge is -2.46. The molecular formula is C12H22N4O3. The van der Waals surface area contributed by atoms with Gasteiger partial charge in [0.25, 0.3) is 0 Å². The van der Waals surface area contributed by atoms with E-state index < -0.39 is 6.09 Å². The van der Waals surface area contributed by atoms with E-state index in [-0.39, 0.29) is 19.1 Å². The van der Waals surface area contributed by atoms with Crippen LogP contribution in [0.3, 0.4) is 0 Å². The molecular weight excluding hydrogens is 248 g/mol. The molecule has 2 rings (SSSR count). The molecule has 0 aromatic rings. The van der Waals surface area contributed by atoms with Crippen molar-refractivity contribution in [1.82, 2.24) is 20.4 Å². The Morgan fingerprint density at radius 2 is 2.00 bits per heavy atom. The van der Waals surface area contributed by atoms with E-state index in [0.717, 1.165) is 39.3 Å². The summed E-state index contributed by atoms with van der Waals surface area (Å²) in [6, 6.07) is 0.553. The molecule has 2 fully saturated rings. The fourth-order valence-electron chi connectivity index (χ4n) is 2.47. The lowest BCUT2D eigenvalue weighted by atomic mass is 10.1. The van der Waals surface area contributed by atoms with Crippen LogP contribution in [0.25, 0.3) is 0 Å². The maximum absolute atomic E-state index is 11.5. The van der Waals surface area contributed by atoms with E-state index >= 15 is 0 Å². The minimum atomic E-state index is -0.660. The van der Waals surface area contributed by atoms with Gasteiger partial charge in [-0.15, -0.1) is 0 Å². The van der Waals surface area contributed by atoms with E-state index in [1.54, 1.807) is 6.92 Å². The van der Waals surface area contributed by atoms with Crippen LogP contribution >= 0.6 is 0 Å². The number of piperazine rings is 1. The van der Waals surface area contributed by atoms with Gasteiger partial charge in [-0.1, -0.05) is 0 Å². The molecule has 2 aliphatic rings. The van der Waals surface area contributed by atoms with Gasteiger partial charge >= 0.3 is 6.09 Å². The molecule has 0 atom stereocenters. The molecule has 0 saturated carbocycles. The molecule has 2 saturated heterocycles. The number of ether oxygens (including phenoxy) is 1. The van der Waals surface area contributed by atoms with Gasteiger partial charge in [-0.05, 0) is 6.92 Å². The molecule has 2 aliphatic heterocycles. The molecule has 0 radical (unpaired) electrons. The fourth-order valence-corrected chi connectivity index (χ4v) is 2.47. The number of rotatable bonds is 4. The van der Waals surface area contributed by atoms with Crippen LogP contribution in [0.2, 0.25) is 0 Å². The van der Waals surface area contributed by atoms with Crippen molar-refractivity contribution in [2.75, 3.05) is 52.4 Å². The molecule has 0 aliphatic carbocycles. The van der Waals surface area contributed by atoms with Crippen molar-refractivity contribution in [1.29, 1.82) is 0 Å². The summed E-state index contributed by atoms with van der Waals surface area (Å²) >= 11 is 0. The third kappa shape index (κ3) is 4.15. The highest BCUT2D eigenvalue weighted by atomic mass is 16.5. The van der Waals surface area contributed by atoms with Gasteiger partial charge in [-0.25, -0.2) is 4.79 Å². The van der Waals surface area contributed by atoms with Gasteiger partial charge in [-0.2, -0.15) is 0 Å². The molecule has 0 spiro atoms. The average Bonchev–Trinajstić information content (AvgIpc) is 2.34. The van der Waals surface area contributed by atoms with Crippen molar-refractivity contribution in [3.05, 3.63) is 0 Å². The van der Waals surface area contributed by atoms with E-state index in [0.29, 0.717) is 6.04 Å². The molecule has 0 aromatic heterocycles. The molecule has 19 heavy (non-hydrogen) atoms. The maximum atomic E-state index is 11.5. The van der Waals surface area contributed by atoms with Crippen LogP contribution in [-0.2, 0) is 9.53 Å². The molecule has 0 bridgehead atoms. The maximum Gasteiger partial charge on any atom is 0.413 e. The van der Waals surface area contributed by atoms with Crippen molar-refractivity contribution in [2.45, 2.75) is 13.0 Å². The van der Waals surface area contributed by atoms with Crippen LogP contribution in [-0.4, -0.2) is 80.3 Å². The molecule has 7 heteroatoms. The number of imide groups is 1. The van der Waals surface area contributed by atoms with Crippen LogP contribution in [0.5, 0.6) is 0 Å². The van der Waals surface area contributed by atoms with Gasteiger partial charge in [0, 0.05) is 45.3 Å². The van der Waals surface area contributed by atoms with Crippen LogP contribution in [0.1, 0.15) is 6.92 Å². The zero-order chi connectivity index (χ0) is 13.7. The number of carbonyl (C=O) groups is 2. The fraction of sp³-hybridized carbons (Fsp3) is 0.833. The van der Waals surface area contributed by atoms with Gasteiger partial charge in [0.1, 0.15) is 0 Å². The van der Waals surface area contributed by atoms with Gasteiger partial charge in [0.05, 0.1) is 13.2 Å². The molecule has 2 heterocycles. The van der Waals surface area contributed by atoms with E-state index in [1.807, 2.05) is 4.90 Å².